The third-order valence-corrected chi connectivity index (χ3v) is 7.32. The van der Waals surface area contributed by atoms with Gasteiger partial charge in [-0.15, -0.1) is 13.2 Å². The Balaban J connectivity index is 0.000000217. The summed E-state index contributed by atoms with van der Waals surface area (Å²) in [5.74, 6) is 0.759. The maximum Gasteiger partial charge on any atom is 0.0347 e. The molecule has 36 heavy (non-hydrogen) atoms. The van der Waals surface area contributed by atoms with Crippen LogP contribution in [-0.2, 0) is 0 Å². The molecule has 1 atom stereocenters. The molecule has 2 aliphatic heterocycles. The quantitative estimate of drug-likeness (QED) is 0.384. The Kier molecular flexibility index (Phi) is 11.0. The average molecular weight is 482 g/mol. The van der Waals surface area contributed by atoms with E-state index in [-0.39, 0.29) is 0 Å². The highest BCUT2D eigenvalue weighted by molar-refractivity contribution is 5.84. The number of fused-ring (bicyclic) bond motifs is 1. The molecule has 190 valence electrons. The van der Waals surface area contributed by atoms with Gasteiger partial charge >= 0.3 is 0 Å². The summed E-state index contributed by atoms with van der Waals surface area (Å²) in [4.78, 5) is 5.18. The van der Waals surface area contributed by atoms with E-state index in [1.54, 1.807) is 0 Å². The molecule has 2 saturated heterocycles. The Bertz CT molecular complexity index is 1080. The number of likely N-dealkylation sites (tertiary alicyclic amines) is 2. The number of nitrogens with one attached hydrogen (secondary N) is 1. The monoisotopic (exact) mass is 481 g/mol. The summed E-state index contributed by atoms with van der Waals surface area (Å²) in [6.07, 6.45) is 5.77. The van der Waals surface area contributed by atoms with Crippen molar-refractivity contribution < 1.29 is 0 Å². The van der Waals surface area contributed by atoms with Crippen LogP contribution in [0.4, 0.5) is 0 Å². The van der Waals surface area contributed by atoms with Gasteiger partial charge in [0.1, 0.15) is 0 Å². The lowest BCUT2D eigenvalue weighted by Gasteiger charge is -2.36. The van der Waals surface area contributed by atoms with Gasteiger partial charge in [-0.05, 0) is 73.3 Å². The molecule has 2 aliphatic rings. The SMILES string of the molecule is C=C.C=C(CNC)N1CCC(N2CCC(c3ccccc3)CC2)C1.C=Cc1ccc2ccccc2c1. The zero-order chi connectivity index (χ0) is 25.8. The van der Waals surface area contributed by atoms with Gasteiger partial charge in [0.15, 0.2) is 0 Å². The summed E-state index contributed by atoms with van der Waals surface area (Å²) in [7, 11) is 1.99. The lowest BCUT2D eigenvalue weighted by Crippen LogP contribution is -2.42. The van der Waals surface area contributed by atoms with E-state index >= 15 is 0 Å². The maximum absolute atomic E-state index is 4.20. The fourth-order valence-corrected chi connectivity index (χ4v) is 5.30. The summed E-state index contributed by atoms with van der Waals surface area (Å²) in [5, 5.41) is 5.76. The minimum atomic E-state index is 0.727. The van der Waals surface area contributed by atoms with Crippen LogP contribution in [0.3, 0.4) is 0 Å². The zero-order valence-electron chi connectivity index (χ0n) is 22.0. The van der Waals surface area contributed by atoms with Crippen molar-refractivity contribution in [2.45, 2.75) is 31.2 Å². The number of benzene rings is 3. The third-order valence-electron chi connectivity index (χ3n) is 7.32. The summed E-state index contributed by atoms with van der Waals surface area (Å²) in [6, 6.07) is 26.4. The molecule has 0 amide bonds. The van der Waals surface area contributed by atoms with Crippen LogP contribution in [0.25, 0.3) is 16.8 Å². The van der Waals surface area contributed by atoms with Crippen molar-refractivity contribution in [1.29, 1.82) is 0 Å². The fourth-order valence-electron chi connectivity index (χ4n) is 5.30. The fraction of sp³-hybridized carbons (Fsp3) is 0.333. The molecule has 1 unspecified atom stereocenters. The summed E-state index contributed by atoms with van der Waals surface area (Å²) in [6.45, 7) is 19.7. The minimum Gasteiger partial charge on any atom is -0.373 e. The topological polar surface area (TPSA) is 18.5 Å². The van der Waals surface area contributed by atoms with Crippen molar-refractivity contribution in [3.63, 3.8) is 0 Å². The molecule has 1 N–H and O–H groups in total. The molecule has 3 nitrogen and oxygen atoms in total. The lowest BCUT2D eigenvalue weighted by atomic mass is 9.89. The van der Waals surface area contributed by atoms with Gasteiger partial charge in [0.2, 0.25) is 0 Å². The van der Waals surface area contributed by atoms with Crippen LogP contribution in [-0.4, -0.2) is 55.6 Å². The van der Waals surface area contributed by atoms with Gasteiger partial charge < -0.3 is 10.2 Å². The Morgan fingerprint density at radius 3 is 2.22 bits per heavy atom. The first-order chi connectivity index (χ1) is 17.7. The largest absolute Gasteiger partial charge is 0.373 e. The van der Waals surface area contributed by atoms with Gasteiger partial charge in [-0.2, -0.15) is 0 Å². The predicted molar refractivity (Wildman–Crippen MR) is 158 cm³/mol. The van der Waals surface area contributed by atoms with Crippen molar-refractivity contribution in [2.75, 3.05) is 39.8 Å². The predicted octanol–water partition coefficient (Wildman–Crippen LogP) is 6.96. The van der Waals surface area contributed by atoms with E-state index in [2.05, 4.69) is 114 Å². The lowest BCUT2D eigenvalue weighted by molar-refractivity contribution is 0.155. The van der Waals surface area contributed by atoms with Crippen molar-refractivity contribution in [3.8, 4) is 0 Å². The highest BCUT2D eigenvalue weighted by Gasteiger charge is 2.31. The van der Waals surface area contributed by atoms with E-state index in [1.165, 1.54) is 66.5 Å². The van der Waals surface area contributed by atoms with Crippen molar-refractivity contribution >= 4 is 16.8 Å². The number of piperidine rings is 1. The second-order valence-electron chi connectivity index (χ2n) is 9.52. The first-order valence-electron chi connectivity index (χ1n) is 13.2. The molecule has 2 heterocycles. The van der Waals surface area contributed by atoms with Crippen molar-refractivity contribution in [3.05, 3.63) is 116 Å². The van der Waals surface area contributed by atoms with Crippen LogP contribution < -0.4 is 5.32 Å². The molecule has 0 aromatic heterocycles. The molecule has 0 spiro atoms. The third kappa shape index (κ3) is 7.43. The molecule has 3 aromatic carbocycles. The van der Waals surface area contributed by atoms with Gasteiger partial charge in [0, 0.05) is 31.4 Å². The van der Waals surface area contributed by atoms with E-state index in [1.807, 2.05) is 13.1 Å². The molecule has 0 bridgehead atoms. The number of hydrogen-bond donors (Lipinski definition) is 1. The van der Waals surface area contributed by atoms with Crippen molar-refractivity contribution in [2.24, 2.45) is 0 Å². The van der Waals surface area contributed by atoms with Crippen LogP contribution in [0, 0.1) is 0 Å². The van der Waals surface area contributed by atoms with Crippen LogP contribution in [0.2, 0.25) is 0 Å². The summed E-state index contributed by atoms with van der Waals surface area (Å²) in [5.41, 5.74) is 3.94. The smallest absolute Gasteiger partial charge is 0.0347 e. The number of rotatable bonds is 6. The standard InChI is InChI=1S/C19H29N3.C12H10.C2H4/c1-16(14-20-2)22-13-10-19(15-22)21-11-8-18(9-12-21)17-6-4-3-5-7-17;1-2-10-7-8-11-5-3-4-6-12(11)9-10;1-2/h3-7,18-20H,1,8-15H2,2H3;2-9H,1H2;1-2H2. The van der Waals surface area contributed by atoms with Gasteiger partial charge in [-0.1, -0.05) is 86.0 Å². The Hall–Kier alpha value is -3.14. The van der Waals surface area contributed by atoms with Crippen LogP contribution >= 0.6 is 0 Å². The van der Waals surface area contributed by atoms with Crippen molar-refractivity contribution in [1.82, 2.24) is 15.1 Å². The van der Waals surface area contributed by atoms with Gasteiger partial charge in [0.05, 0.1) is 0 Å². The second kappa shape index (κ2) is 14.4. The molecule has 0 saturated carbocycles. The number of likely N-dealkylation sites (N-methyl/N-ethyl adjacent to an activating group) is 1. The zero-order valence-corrected chi connectivity index (χ0v) is 22.0. The molecule has 3 heteroatoms. The molecular formula is C33H43N3. The van der Waals surface area contributed by atoms with E-state index in [0.717, 1.165) is 25.0 Å². The van der Waals surface area contributed by atoms with E-state index in [0.29, 0.717) is 0 Å². The molecule has 3 aromatic rings. The second-order valence-corrected chi connectivity index (χ2v) is 9.52. The first-order valence-corrected chi connectivity index (χ1v) is 13.2. The normalized spacial score (nSPS) is 18.0. The van der Waals surface area contributed by atoms with E-state index in [9.17, 15) is 0 Å². The maximum atomic E-state index is 4.20. The highest BCUT2D eigenvalue weighted by atomic mass is 15.3. The van der Waals surface area contributed by atoms with Gasteiger partial charge in [-0.25, -0.2) is 0 Å². The van der Waals surface area contributed by atoms with Gasteiger partial charge in [0.25, 0.3) is 0 Å². The minimum absolute atomic E-state index is 0.727. The number of nitrogens with zero attached hydrogens (tertiary/aromatic N) is 2. The molecule has 0 aliphatic carbocycles. The van der Waals surface area contributed by atoms with E-state index < -0.39 is 0 Å². The summed E-state index contributed by atoms with van der Waals surface area (Å²) < 4.78 is 0. The van der Waals surface area contributed by atoms with Crippen LogP contribution in [0.1, 0.15) is 36.3 Å². The van der Waals surface area contributed by atoms with Crippen LogP contribution in [0.15, 0.2) is 105 Å². The number of hydrogen-bond acceptors (Lipinski definition) is 3. The Morgan fingerprint density at radius 2 is 1.56 bits per heavy atom. The van der Waals surface area contributed by atoms with E-state index in [4.69, 9.17) is 0 Å². The molecule has 2 fully saturated rings. The van der Waals surface area contributed by atoms with Gasteiger partial charge in [-0.3, -0.25) is 4.90 Å². The molecule has 0 radical (unpaired) electrons. The average Bonchev–Trinajstić information content (AvgIpc) is 3.46. The summed E-state index contributed by atoms with van der Waals surface area (Å²) >= 11 is 0. The molecule has 5 rings (SSSR count). The first kappa shape index (κ1) is 27.4. The molecular weight excluding hydrogens is 438 g/mol. The highest BCUT2D eigenvalue weighted by Crippen LogP contribution is 2.30. The Morgan fingerprint density at radius 1 is 0.889 bits per heavy atom. The van der Waals surface area contributed by atoms with Crippen LogP contribution in [0.5, 0.6) is 0 Å². The Labute approximate surface area is 218 Å².